The van der Waals surface area contributed by atoms with E-state index in [0.717, 1.165) is 16.8 Å². The van der Waals surface area contributed by atoms with Crippen LogP contribution in [0, 0.1) is 6.92 Å². The number of anilines is 1. The van der Waals surface area contributed by atoms with Gasteiger partial charge < -0.3 is 15.2 Å². The minimum atomic E-state index is 0.324. The van der Waals surface area contributed by atoms with Crippen LogP contribution >= 0.6 is 11.6 Å². The van der Waals surface area contributed by atoms with Gasteiger partial charge in [0.2, 0.25) is 5.95 Å². The van der Waals surface area contributed by atoms with Gasteiger partial charge >= 0.3 is 0 Å². The SMILES string of the molecule is COc1cccc(C=Nn2cc(C)nc2N)c1OCc1ccc(Cl)cc1. The van der Waals surface area contributed by atoms with Crippen molar-refractivity contribution in [2.45, 2.75) is 13.5 Å². The lowest BCUT2D eigenvalue weighted by Crippen LogP contribution is -2.02. The molecule has 0 atom stereocenters. The Morgan fingerprint density at radius 3 is 2.65 bits per heavy atom. The summed E-state index contributed by atoms with van der Waals surface area (Å²) in [5.74, 6) is 1.55. The van der Waals surface area contributed by atoms with Crippen LogP contribution in [0.4, 0.5) is 5.95 Å². The molecule has 0 aliphatic heterocycles. The molecule has 0 amide bonds. The van der Waals surface area contributed by atoms with Crippen LogP contribution < -0.4 is 15.2 Å². The molecule has 0 fully saturated rings. The van der Waals surface area contributed by atoms with Gasteiger partial charge in [0, 0.05) is 10.6 Å². The van der Waals surface area contributed by atoms with Gasteiger partial charge in [0.05, 0.1) is 25.2 Å². The van der Waals surface area contributed by atoms with E-state index in [1.165, 1.54) is 4.68 Å². The topological polar surface area (TPSA) is 74.7 Å². The predicted molar refractivity (Wildman–Crippen MR) is 103 cm³/mol. The molecular formula is C19H19ClN4O2. The molecule has 0 aliphatic carbocycles. The fourth-order valence-electron chi connectivity index (χ4n) is 2.41. The number of aromatic nitrogens is 2. The van der Waals surface area contributed by atoms with Crippen LogP contribution in [-0.4, -0.2) is 23.0 Å². The van der Waals surface area contributed by atoms with E-state index in [1.54, 1.807) is 19.5 Å². The summed E-state index contributed by atoms with van der Waals surface area (Å²) in [6.45, 7) is 2.24. The largest absolute Gasteiger partial charge is 0.493 e. The smallest absolute Gasteiger partial charge is 0.221 e. The van der Waals surface area contributed by atoms with Crippen molar-refractivity contribution in [2.24, 2.45) is 5.10 Å². The highest BCUT2D eigenvalue weighted by Crippen LogP contribution is 2.31. The van der Waals surface area contributed by atoms with Gasteiger partial charge in [-0.25, -0.2) is 9.66 Å². The second-order valence-electron chi connectivity index (χ2n) is 5.62. The number of hydrogen-bond donors (Lipinski definition) is 1. The molecule has 1 heterocycles. The van der Waals surface area contributed by atoms with Crippen LogP contribution in [0.1, 0.15) is 16.8 Å². The van der Waals surface area contributed by atoms with Gasteiger partial charge in [0.25, 0.3) is 0 Å². The van der Waals surface area contributed by atoms with Gasteiger partial charge in [0.1, 0.15) is 6.61 Å². The molecule has 7 heteroatoms. The molecule has 134 valence electrons. The number of nitrogen functional groups attached to an aromatic ring is 1. The van der Waals surface area contributed by atoms with Gasteiger partial charge in [-0.2, -0.15) is 5.10 Å². The molecule has 0 saturated carbocycles. The molecule has 2 aromatic carbocycles. The Hall–Kier alpha value is -2.99. The zero-order valence-electron chi connectivity index (χ0n) is 14.5. The van der Waals surface area contributed by atoms with E-state index in [0.29, 0.717) is 29.1 Å². The Kier molecular flexibility index (Phi) is 5.43. The molecule has 26 heavy (non-hydrogen) atoms. The monoisotopic (exact) mass is 370 g/mol. The Labute approximate surface area is 156 Å². The molecule has 1 aromatic heterocycles. The predicted octanol–water partition coefficient (Wildman–Crippen LogP) is 3.90. The fraction of sp³-hybridized carbons (Fsp3) is 0.158. The van der Waals surface area contributed by atoms with Gasteiger partial charge in [-0.3, -0.25) is 0 Å². The van der Waals surface area contributed by atoms with Crippen molar-refractivity contribution in [3.8, 4) is 11.5 Å². The first-order valence-electron chi connectivity index (χ1n) is 7.97. The Balaban J connectivity index is 1.85. The summed E-state index contributed by atoms with van der Waals surface area (Å²) in [5, 5.41) is 5.04. The number of nitrogens with zero attached hydrogens (tertiary/aromatic N) is 3. The van der Waals surface area contributed by atoms with E-state index in [9.17, 15) is 0 Å². The lowest BCUT2D eigenvalue weighted by atomic mass is 10.2. The summed E-state index contributed by atoms with van der Waals surface area (Å²) < 4.78 is 12.9. The van der Waals surface area contributed by atoms with Crippen LogP contribution in [0.15, 0.2) is 53.8 Å². The zero-order chi connectivity index (χ0) is 18.5. The summed E-state index contributed by atoms with van der Waals surface area (Å²) >= 11 is 5.92. The molecule has 3 aromatic rings. The molecule has 0 radical (unpaired) electrons. The highest BCUT2D eigenvalue weighted by atomic mass is 35.5. The van der Waals surface area contributed by atoms with Crippen molar-refractivity contribution < 1.29 is 9.47 Å². The minimum absolute atomic E-state index is 0.324. The normalized spacial score (nSPS) is 11.0. The van der Waals surface area contributed by atoms with Gasteiger partial charge in [-0.1, -0.05) is 29.8 Å². The van der Waals surface area contributed by atoms with Crippen LogP contribution in [0.2, 0.25) is 5.02 Å². The molecule has 0 unspecified atom stereocenters. The van der Waals surface area contributed by atoms with Crippen molar-refractivity contribution >= 4 is 23.8 Å². The average molecular weight is 371 g/mol. The number of ether oxygens (including phenoxy) is 2. The van der Waals surface area contributed by atoms with E-state index < -0.39 is 0 Å². The van der Waals surface area contributed by atoms with Crippen molar-refractivity contribution in [1.29, 1.82) is 0 Å². The zero-order valence-corrected chi connectivity index (χ0v) is 15.3. The van der Waals surface area contributed by atoms with E-state index in [-0.39, 0.29) is 0 Å². The fourth-order valence-corrected chi connectivity index (χ4v) is 2.53. The third-order valence-corrected chi connectivity index (χ3v) is 3.93. The first-order valence-corrected chi connectivity index (χ1v) is 8.34. The number of imidazole rings is 1. The number of rotatable bonds is 6. The number of hydrogen-bond acceptors (Lipinski definition) is 5. The molecular weight excluding hydrogens is 352 g/mol. The van der Waals surface area contributed by atoms with Crippen molar-refractivity contribution in [1.82, 2.24) is 9.66 Å². The first-order chi connectivity index (χ1) is 12.6. The Morgan fingerprint density at radius 2 is 2.00 bits per heavy atom. The van der Waals surface area contributed by atoms with Crippen LogP contribution in [0.25, 0.3) is 0 Å². The molecule has 2 N–H and O–H groups in total. The number of aryl methyl sites for hydroxylation is 1. The lowest BCUT2D eigenvalue weighted by Gasteiger charge is -2.13. The number of halogens is 1. The number of nitrogens with two attached hydrogens (primary N) is 1. The quantitative estimate of drug-likeness (QED) is 0.668. The summed E-state index contributed by atoms with van der Waals surface area (Å²) in [6.07, 6.45) is 3.41. The third kappa shape index (κ3) is 4.15. The molecule has 6 nitrogen and oxygen atoms in total. The molecule has 3 rings (SSSR count). The van der Waals surface area contributed by atoms with Crippen molar-refractivity contribution in [3.63, 3.8) is 0 Å². The van der Waals surface area contributed by atoms with Crippen molar-refractivity contribution in [2.75, 3.05) is 12.8 Å². The van der Waals surface area contributed by atoms with E-state index in [2.05, 4.69) is 10.1 Å². The Bertz CT molecular complexity index is 920. The molecule has 0 bridgehead atoms. The average Bonchev–Trinajstić information content (AvgIpc) is 2.96. The number of para-hydroxylation sites is 1. The van der Waals surface area contributed by atoms with Crippen molar-refractivity contribution in [3.05, 3.63) is 70.5 Å². The van der Waals surface area contributed by atoms with Crippen LogP contribution in [0.5, 0.6) is 11.5 Å². The molecule has 0 saturated heterocycles. The summed E-state index contributed by atoms with van der Waals surface area (Å²) in [5.41, 5.74) is 8.38. The van der Waals surface area contributed by atoms with Crippen LogP contribution in [0.3, 0.4) is 0 Å². The number of benzene rings is 2. The van der Waals surface area contributed by atoms with Gasteiger partial charge in [-0.15, -0.1) is 0 Å². The summed E-state index contributed by atoms with van der Waals surface area (Å²) in [7, 11) is 1.60. The minimum Gasteiger partial charge on any atom is -0.493 e. The highest BCUT2D eigenvalue weighted by Gasteiger charge is 2.10. The second-order valence-corrected chi connectivity index (χ2v) is 6.06. The molecule has 0 spiro atoms. The summed E-state index contributed by atoms with van der Waals surface area (Å²) in [6, 6.07) is 13.1. The number of methoxy groups -OCH3 is 1. The first kappa shape index (κ1) is 17.8. The van der Waals surface area contributed by atoms with E-state index >= 15 is 0 Å². The van der Waals surface area contributed by atoms with E-state index in [1.807, 2.05) is 49.4 Å². The maximum absolute atomic E-state index is 5.99. The maximum Gasteiger partial charge on any atom is 0.221 e. The van der Waals surface area contributed by atoms with Gasteiger partial charge in [-0.05, 0) is 36.8 Å². The highest BCUT2D eigenvalue weighted by molar-refractivity contribution is 6.30. The summed E-state index contributed by atoms with van der Waals surface area (Å²) in [4.78, 5) is 4.12. The standard InChI is InChI=1S/C19H19ClN4O2/c1-13-11-24(19(21)23-13)22-10-15-4-3-5-17(25-2)18(15)26-12-14-6-8-16(20)9-7-14/h3-11H,12H2,1-2H3,(H2,21,23). The Morgan fingerprint density at radius 1 is 1.23 bits per heavy atom. The third-order valence-electron chi connectivity index (χ3n) is 3.68. The van der Waals surface area contributed by atoms with E-state index in [4.69, 9.17) is 26.8 Å². The van der Waals surface area contributed by atoms with Gasteiger partial charge in [0.15, 0.2) is 11.5 Å². The maximum atomic E-state index is 5.99. The lowest BCUT2D eigenvalue weighted by molar-refractivity contribution is 0.284. The molecule has 0 aliphatic rings. The van der Waals surface area contributed by atoms with Crippen LogP contribution in [-0.2, 0) is 6.61 Å². The second kappa shape index (κ2) is 7.93.